The van der Waals surface area contributed by atoms with Gasteiger partial charge in [0.1, 0.15) is 0 Å². The molecule has 122 valence electrons. The smallest absolute Gasteiger partial charge is 0.314 e. The molecule has 1 aromatic carbocycles. The van der Waals surface area contributed by atoms with Gasteiger partial charge in [0.25, 0.3) is 0 Å². The Bertz CT molecular complexity index is 628. The lowest BCUT2D eigenvalue weighted by molar-refractivity contribution is 0.240. The second-order valence-corrected chi connectivity index (χ2v) is 8.44. The fourth-order valence-corrected chi connectivity index (χ4v) is 4.46. The third-order valence-electron chi connectivity index (χ3n) is 4.13. The van der Waals surface area contributed by atoms with E-state index in [1.165, 1.54) is 11.1 Å². The summed E-state index contributed by atoms with van der Waals surface area (Å²) < 4.78 is 23.4. The van der Waals surface area contributed by atoms with Crippen LogP contribution in [0.3, 0.4) is 0 Å². The topological polar surface area (TPSA) is 75.3 Å². The average molecular weight is 324 g/mol. The van der Waals surface area contributed by atoms with Crippen molar-refractivity contribution >= 4 is 15.9 Å². The molecule has 0 radical (unpaired) electrons. The van der Waals surface area contributed by atoms with E-state index in [-0.39, 0.29) is 24.2 Å². The quantitative estimate of drug-likeness (QED) is 0.869. The molecular formula is C16H24N2O3S. The zero-order chi connectivity index (χ0) is 16.2. The average Bonchev–Trinajstić information content (AvgIpc) is 2.81. The summed E-state index contributed by atoms with van der Waals surface area (Å²) in [5, 5.41) is 5.05. The number of hydrogen-bond donors (Lipinski definition) is 2. The molecule has 0 bridgehead atoms. The van der Waals surface area contributed by atoms with Gasteiger partial charge in [-0.1, -0.05) is 36.8 Å². The first-order valence-corrected chi connectivity index (χ1v) is 9.40. The third kappa shape index (κ3) is 4.47. The van der Waals surface area contributed by atoms with E-state index in [2.05, 4.69) is 23.6 Å². The van der Waals surface area contributed by atoms with Crippen LogP contribution in [0.4, 0.5) is 4.79 Å². The fourth-order valence-electron chi connectivity index (χ4n) is 2.70. The van der Waals surface area contributed by atoms with Crippen LogP contribution in [-0.2, 0) is 9.84 Å². The number of sulfone groups is 1. The summed E-state index contributed by atoms with van der Waals surface area (Å²) in [6.07, 6.45) is 1.34. The van der Waals surface area contributed by atoms with Crippen LogP contribution in [0.15, 0.2) is 24.3 Å². The molecule has 0 saturated carbocycles. The van der Waals surface area contributed by atoms with Crippen LogP contribution in [0, 0.1) is 6.92 Å². The minimum absolute atomic E-state index is 0.201. The van der Waals surface area contributed by atoms with E-state index in [1.54, 1.807) is 0 Å². The van der Waals surface area contributed by atoms with Gasteiger partial charge in [-0.3, -0.25) is 0 Å². The van der Waals surface area contributed by atoms with Crippen molar-refractivity contribution in [3.05, 3.63) is 35.4 Å². The largest absolute Gasteiger partial charge is 0.338 e. The lowest BCUT2D eigenvalue weighted by Gasteiger charge is -2.15. The monoisotopic (exact) mass is 324 g/mol. The predicted molar refractivity (Wildman–Crippen MR) is 87.8 cm³/mol. The Kier molecular flexibility index (Phi) is 5.45. The predicted octanol–water partition coefficient (Wildman–Crippen LogP) is 1.97. The molecule has 2 amide bonds. The summed E-state index contributed by atoms with van der Waals surface area (Å²) in [5.41, 5.74) is 2.37. The summed E-state index contributed by atoms with van der Waals surface area (Å²) in [5.74, 6) is 0.451. The van der Waals surface area contributed by atoms with E-state index in [0.29, 0.717) is 19.4 Å². The van der Waals surface area contributed by atoms with Gasteiger partial charge < -0.3 is 10.6 Å². The minimum atomic E-state index is -3.00. The molecule has 2 atom stereocenters. The highest BCUT2D eigenvalue weighted by atomic mass is 32.2. The minimum Gasteiger partial charge on any atom is -0.338 e. The molecule has 1 saturated heterocycles. The molecule has 0 spiro atoms. The molecule has 5 nitrogen and oxygen atoms in total. The fraction of sp³-hybridized carbons (Fsp3) is 0.562. The van der Waals surface area contributed by atoms with Gasteiger partial charge in [-0.15, -0.1) is 0 Å². The molecule has 2 N–H and O–H groups in total. The van der Waals surface area contributed by atoms with Crippen LogP contribution >= 0.6 is 0 Å². The Morgan fingerprint density at radius 1 is 1.36 bits per heavy atom. The van der Waals surface area contributed by atoms with Crippen LogP contribution in [0.5, 0.6) is 0 Å². The van der Waals surface area contributed by atoms with Crippen molar-refractivity contribution in [2.24, 2.45) is 0 Å². The lowest BCUT2D eigenvalue weighted by Crippen LogP contribution is -2.42. The SMILES string of the molecule is Cc1cccc([C@H](C)CNC(=O)NC[C@@H]2CCCS2(=O)=O)c1. The normalized spacial score (nSPS) is 21.3. The van der Waals surface area contributed by atoms with Gasteiger partial charge in [0.15, 0.2) is 9.84 Å². The maximum atomic E-state index is 11.8. The maximum Gasteiger partial charge on any atom is 0.314 e. The highest BCUT2D eigenvalue weighted by Gasteiger charge is 2.31. The van der Waals surface area contributed by atoms with Gasteiger partial charge >= 0.3 is 6.03 Å². The van der Waals surface area contributed by atoms with Crippen molar-refractivity contribution < 1.29 is 13.2 Å². The Morgan fingerprint density at radius 3 is 2.77 bits per heavy atom. The van der Waals surface area contributed by atoms with Crippen molar-refractivity contribution in [2.75, 3.05) is 18.8 Å². The van der Waals surface area contributed by atoms with Gasteiger partial charge in [-0.05, 0) is 31.2 Å². The molecule has 1 heterocycles. The van der Waals surface area contributed by atoms with Crippen molar-refractivity contribution in [3.8, 4) is 0 Å². The molecule has 0 aliphatic carbocycles. The molecule has 0 aromatic heterocycles. The number of aryl methyl sites for hydroxylation is 1. The summed E-state index contributed by atoms with van der Waals surface area (Å²) in [7, 11) is -3.00. The van der Waals surface area contributed by atoms with Crippen LogP contribution in [0.1, 0.15) is 36.8 Å². The van der Waals surface area contributed by atoms with Gasteiger partial charge in [-0.2, -0.15) is 0 Å². The standard InChI is InChI=1S/C16H24N2O3S/c1-12-5-3-6-14(9-12)13(2)10-17-16(19)18-11-15-7-4-8-22(15,20)21/h3,5-6,9,13,15H,4,7-8,10-11H2,1-2H3,(H2,17,18,19)/t13-,15+/m1/s1. The molecule has 1 aliphatic heterocycles. The maximum absolute atomic E-state index is 11.8. The Labute approximate surface area is 132 Å². The van der Waals surface area contributed by atoms with Gasteiger partial charge in [0.2, 0.25) is 0 Å². The molecule has 6 heteroatoms. The van der Waals surface area contributed by atoms with Crippen molar-refractivity contribution in [2.45, 2.75) is 37.9 Å². The lowest BCUT2D eigenvalue weighted by atomic mass is 9.99. The molecule has 22 heavy (non-hydrogen) atoms. The van der Waals surface area contributed by atoms with E-state index < -0.39 is 15.1 Å². The van der Waals surface area contributed by atoms with E-state index in [9.17, 15) is 13.2 Å². The van der Waals surface area contributed by atoms with E-state index in [4.69, 9.17) is 0 Å². The van der Waals surface area contributed by atoms with Crippen molar-refractivity contribution in [1.82, 2.24) is 10.6 Å². The van der Waals surface area contributed by atoms with Crippen molar-refractivity contribution in [1.29, 1.82) is 0 Å². The number of hydrogen-bond acceptors (Lipinski definition) is 3. The Hall–Kier alpha value is -1.56. The second-order valence-electron chi connectivity index (χ2n) is 6.04. The molecular weight excluding hydrogens is 300 g/mol. The number of amides is 2. The molecule has 2 rings (SSSR count). The zero-order valence-electron chi connectivity index (χ0n) is 13.1. The number of carbonyl (C=O) groups is 1. The number of urea groups is 1. The second kappa shape index (κ2) is 7.13. The number of rotatable bonds is 5. The first-order chi connectivity index (χ1) is 10.4. The molecule has 1 fully saturated rings. The summed E-state index contributed by atoms with van der Waals surface area (Å²) >= 11 is 0. The summed E-state index contributed by atoms with van der Waals surface area (Å²) in [6, 6.07) is 7.89. The van der Waals surface area contributed by atoms with Gasteiger partial charge in [0.05, 0.1) is 11.0 Å². The number of benzene rings is 1. The van der Waals surface area contributed by atoms with Crippen LogP contribution in [0.2, 0.25) is 0 Å². The van der Waals surface area contributed by atoms with E-state index in [1.807, 2.05) is 25.1 Å². The summed E-state index contributed by atoms with van der Waals surface area (Å²) in [6.45, 7) is 4.81. The highest BCUT2D eigenvalue weighted by molar-refractivity contribution is 7.92. The van der Waals surface area contributed by atoms with E-state index in [0.717, 1.165) is 0 Å². The number of nitrogens with one attached hydrogen (secondary N) is 2. The first-order valence-electron chi connectivity index (χ1n) is 7.68. The summed E-state index contributed by atoms with van der Waals surface area (Å²) in [4.78, 5) is 11.8. The molecule has 1 aromatic rings. The Balaban J connectivity index is 1.76. The zero-order valence-corrected chi connectivity index (χ0v) is 13.9. The van der Waals surface area contributed by atoms with Gasteiger partial charge in [0, 0.05) is 13.1 Å². The molecule has 1 aliphatic rings. The molecule has 0 unspecified atom stereocenters. The highest BCUT2D eigenvalue weighted by Crippen LogP contribution is 2.19. The third-order valence-corrected chi connectivity index (χ3v) is 6.41. The Morgan fingerprint density at radius 2 is 2.14 bits per heavy atom. The van der Waals surface area contributed by atoms with Crippen LogP contribution < -0.4 is 10.6 Å². The van der Waals surface area contributed by atoms with Crippen LogP contribution in [0.25, 0.3) is 0 Å². The van der Waals surface area contributed by atoms with Gasteiger partial charge in [-0.25, -0.2) is 13.2 Å². The van der Waals surface area contributed by atoms with Crippen LogP contribution in [-0.4, -0.2) is 38.5 Å². The van der Waals surface area contributed by atoms with Crippen molar-refractivity contribution in [3.63, 3.8) is 0 Å². The first kappa shape index (κ1) is 16.8. The van der Waals surface area contributed by atoms with E-state index >= 15 is 0 Å². The number of carbonyl (C=O) groups excluding carboxylic acids is 1.